The van der Waals surface area contributed by atoms with Crippen molar-refractivity contribution in [3.63, 3.8) is 0 Å². The highest BCUT2D eigenvalue weighted by atomic mass is 19.1. The molecule has 1 N–H and O–H groups in total. The van der Waals surface area contributed by atoms with Gasteiger partial charge in [0.1, 0.15) is 11.6 Å². The molecule has 27 heavy (non-hydrogen) atoms. The van der Waals surface area contributed by atoms with Crippen molar-refractivity contribution in [2.24, 2.45) is 0 Å². The van der Waals surface area contributed by atoms with Crippen molar-refractivity contribution in [2.45, 2.75) is 26.7 Å². The van der Waals surface area contributed by atoms with Gasteiger partial charge in [-0.25, -0.2) is 9.37 Å². The van der Waals surface area contributed by atoms with Crippen LogP contribution in [0.2, 0.25) is 0 Å². The van der Waals surface area contributed by atoms with Crippen LogP contribution in [0.4, 0.5) is 15.9 Å². The number of rotatable bonds is 4. The third-order valence-electron chi connectivity index (χ3n) is 4.23. The van der Waals surface area contributed by atoms with Crippen molar-refractivity contribution >= 4 is 22.4 Å². The third kappa shape index (κ3) is 3.51. The molecule has 2 aromatic heterocycles. The molecule has 0 unspecified atom stereocenters. The van der Waals surface area contributed by atoms with Crippen molar-refractivity contribution < 1.29 is 8.91 Å². The molecule has 5 nitrogen and oxygen atoms in total. The molecular formula is C21H19FN4O. The van der Waals surface area contributed by atoms with E-state index in [-0.39, 0.29) is 11.7 Å². The number of benzene rings is 2. The fourth-order valence-corrected chi connectivity index (χ4v) is 2.84. The molecule has 2 aromatic carbocycles. The van der Waals surface area contributed by atoms with E-state index in [2.05, 4.69) is 21.5 Å². The van der Waals surface area contributed by atoms with E-state index in [1.807, 2.05) is 39.0 Å². The van der Waals surface area contributed by atoms with E-state index in [9.17, 15) is 4.39 Å². The Hall–Kier alpha value is -3.28. The van der Waals surface area contributed by atoms with Crippen LogP contribution in [-0.2, 0) is 0 Å². The van der Waals surface area contributed by atoms with Gasteiger partial charge in [0.25, 0.3) is 0 Å². The Morgan fingerprint density at radius 2 is 1.89 bits per heavy atom. The van der Waals surface area contributed by atoms with Crippen LogP contribution in [0.15, 0.2) is 53.1 Å². The number of pyridine rings is 1. The van der Waals surface area contributed by atoms with Gasteiger partial charge in [-0.3, -0.25) is 0 Å². The second-order valence-electron chi connectivity index (χ2n) is 6.83. The number of halogens is 1. The molecule has 0 bridgehead atoms. The Kier molecular flexibility index (Phi) is 4.32. The van der Waals surface area contributed by atoms with Gasteiger partial charge in [0.15, 0.2) is 0 Å². The van der Waals surface area contributed by atoms with Crippen molar-refractivity contribution in [1.29, 1.82) is 0 Å². The summed E-state index contributed by atoms with van der Waals surface area (Å²) in [6.45, 7) is 6.01. The van der Waals surface area contributed by atoms with Crippen LogP contribution in [0.1, 0.15) is 31.2 Å². The van der Waals surface area contributed by atoms with Crippen molar-refractivity contribution in [3.8, 4) is 11.4 Å². The van der Waals surface area contributed by atoms with Crippen LogP contribution in [0.5, 0.6) is 0 Å². The molecule has 0 fully saturated rings. The average Bonchev–Trinajstić information content (AvgIpc) is 3.12. The zero-order valence-corrected chi connectivity index (χ0v) is 15.3. The highest BCUT2D eigenvalue weighted by Crippen LogP contribution is 2.31. The molecule has 4 rings (SSSR count). The summed E-state index contributed by atoms with van der Waals surface area (Å²) in [6.07, 6.45) is 0. The average molecular weight is 362 g/mol. The minimum absolute atomic E-state index is 0.126. The molecule has 0 atom stereocenters. The monoisotopic (exact) mass is 362 g/mol. The molecule has 0 aliphatic heterocycles. The van der Waals surface area contributed by atoms with E-state index in [1.165, 1.54) is 12.1 Å². The van der Waals surface area contributed by atoms with E-state index < -0.39 is 0 Å². The quantitative estimate of drug-likeness (QED) is 0.512. The molecule has 0 spiro atoms. The standard InChI is InChI=1S/C21H19FN4O/c1-12(2)21-25-20(26-27-21)17-10-14-9-13(3)7-8-18(14)24-19(17)23-16-6-4-5-15(22)11-16/h4-12H,1-3H3,(H,23,24). The lowest BCUT2D eigenvalue weighted by Gasteiger charge is -2.11. The minimum atomic E-state index is -0.320. The van der Waals surface area contributed by atoms with Crippen molar-refractivity contribution in [2.75, 3.05) is 5.32 Å². The Morgan fingerprint density at radius 3 is 2.63 bits per heavy atom. The van der Waals surface area contributed by atoms with Gasteiger partial charge in [-0.15, -0.1) is 0 Å². The largest absolute Gasteiger partial charge is 0.340 e. The van der Waals surface area contributed by atoms with Gasteiger partial charge in [-0.05, 0) is 43.3 Å². The number of nitrogens with zero attached hydrogens (tertiary/aromatic N) is 3. The fourth-order valence-electron chi connectivity index (χ4n) is 2.84. The number of aromatic nitrogens is 3. The molecule has 6 heteroatoms. The predicted molar refractivity (Wildman–Crippen MR) is 104 cm³/mol. The summed E-state index contributed by atoms with van der Waals surface area (Å²) in [6, 6.07) is 14.2. The van der Waals surface area contributed by atoms with Crippen LogP contribution in [0.3, 0.4) is 0 Å². The number of nitrogens with one attached hydrogen (secondary N) is 1. The van der Waals surface area contributed by atoms with Gasteiger partial charge in [-0.1, -0.05) is 36.7 Å². The highest BCUT2D eigenvalue weighted by molar-refractivity contribution is 5.89. The molecule has 0 radical (unpaired) electrons. The van der Waals surface area contributed by atoms with Crippen LogP contribution in [0.25, 0.3) is 22.3 Å². The molecular weight excluding hydrogens is 343 g/mol. The lowest BCUT2D eigenvalue weighted by molar-refractivity contribution is 0.365. The number of hydrogen-bond acceptors (Lipinski definition) is 5. The Balaban J connectivity index is 1.87. The van der Waals surface area contributed by atoms with Gasteiger partial charge in [-0.2, -0.15) is 4.98 Å². The molecule has 0 saturated heterocycles. The zero-order valence-electron chi connectivity index (χ0n) is 15.3. The summed E-state index contributed by atoms with van der Waals surface area (Å²) < 4.78 is 18.9. The van der Waals surface area contributed by atoms with E-state index in [0.29, 0.717) is 28.8 Å². The maximum atomic E-state index is 13.6. The third-order valence-corrected chi connectivity index (χ3v) is 4.23. The molecule has 4 aromatic rings. The topological polar surface area (TPSA) is 63.8 Å². The SMILES string of the molecule is Cc1ccc2nc(Nc3cccc(F)c3)c(-c3noc(C(C)C)n3)cc2c1. The number of fused-ring (bicyclic) bond motifs is 1. The lowest BCUT2D eigenvalue weighted by Crippen LogP contribution is -1.99. The van der Waals surface area contributed by atoms with E-state index in [4.69, 9.17) is 9.51 Å². The minimum Gasteiger partial charge on any atom is -0.340 e. The van der Waals surface area contributed by atoms with Crippen LogP contribution < -0.4 is 5.32 Å². The highest BCUT2D eigenvalue weighted by Gasteiger charge is 2.17. The Morgan fingerprint density at radius 1 is 1.04 bits per heavy atom. The first-order chi connectivity index (χ1) is 13.0. The summed E-state index contributed by atoms with van der Waals surface area (Å²) >= 11 is 0. The van der Waals surface area contributed by atoms with Crippen LogP contribution in [-0.4, -0.2) is 15.1 Å². The smallest absolute Gasteiger partial charge is 0.229 e. The van der Waals surface area contributed by atoms with Gasteiger partial charge < -0.3 is 9.84 Å². The number of hydrogen-bond donors (Lipinski definition) is 1. The second kappa shape index (κ2) is 6.79. The summed E-state index contributed by atoms with van der Waals surface area (Å²) in [5.74, 6) is 1.37. The maximum absolute atomic E-state index is 13.6. The maximum Gasteiger partial charge on any atom is 0.229 e. The summed E-state index contributed by atoms with van der Waals surface area (Å²) in [7, 11) is 0. The molecule has 0 aliphatic carbocycles. The van der Waals surface area contributed by atoms with Crippen molar-refractivity contribution in [3.05, 3.63) is 65.8 Å². The normalized spacial score (nSPS) is 11.3. The van der Waals surface area contributed by atoms with E-state index >= 15 is 0 Å². The van der Waals surface area contributed by atoms with E-state index in [0.717, 1.165) is 16.5 Å². The Labute approximate surface area is 156 Å². The molecule has 0 aliphatic rings. The second-order valence-corrected chi connectivity index (χ2v) is 6.83. The number of anilines is 2. The van der Waals surface area contributed by atoms with Crippen LogP contribution >= 0.6 is 0 Å². The number of aryl methyl sites for hydroxylation is 1. The van der Waals surface area contributed by atoms with Gasteiger partial charge in [0.05, 0.1) is 11.1 Å². The van der Waals surface area contributed by atoms with E-state index in [1.54, 1.807) is 12.1 Å². The molecule has 136 valence electrons. The van der Waals surface area contributed by atoms with Crippen molar-refractivity contribution in [1.82, 2.24) is 15.1 Å². The van der Waals surface area contributed by atoms with Gasteiger partial charge in [0, 0.05) is 17.0 Å². The summed E-state index contributed by atoms with van der Waals surface area (Å²) in [5.41, 5.74) is 3.27. The zero-order chi connectivity index (χ0) is 19.0. The Bertz CT molecular complexity index is 1120. The lowest BCUT2D eigenvalue weighted by atomic mass is 10.1. The first kappa shape index (κ1) is 17.1. The summed E-state index contributed by atoms with van der Waals surface area (Å²) in [4.78, 5) is 9.21. The van der Waals surface area contributed by atoms with Gasteiger partial charge >= 0.3 is 0 Å². The summed E-state index contributed by atoms with van der Waals surface area (Å²) in [5, 5.41) is 8.28. The van der Waals surface area contributed by atoms with Crippen LogP contribution in [0, 0.1) is 12.7 Å². The van der Waals surface area contributed by atoms with Gasteiger partial charge in [0.2, 0.25) is 11.7 Å². The first-order valence-corrected chi connectivity index (χ1v) is 8.77. The molecule has 2 heterocycles. The predicted octanol–water partition coefficient (Wildman–Crippen LogP) is 5.60. The fraction of sp³-hybridized carbons (Fsp3) is 0.190. The first-order valence-electron chi connectivity index (χ1n) is 8.77. The molecule has 0 saturated carbocycles. The molecule has 0 amide bonds.